The zero-order chi connectivity index (χ0) is 19.6. The van der Waals surface area contributed by atoms with E-state index in [0.717, 1.165) is 12.8 Å². The van der Waals surface area contributed by atoms with Crippen molar-refractivity contribution in [1.82, 2.24) is 0 Å². The topological polar surface area (TPSA) is 0 Å². The van der Waals surface area contributed by atoms with Gasteiger partial charge >= 0.3 is 0 Å². The van der Waals surface area contributed by atoms with Gasteiger partial charge in [-0.2, -0.15) is 0 Å². The van der Waals surface area contributed by atoms with Gasteiger partial charge in [-0.05, 0) is 46.2 Å². The van der Waals surface area contributed by atoms with Crippen molar-refractivity contribution in [3.63, 3.8) is 0 Å². The zero-order valence-corrected chi connectivity index (χ0v) is 16.8. The summed E-state index contributed by atoms with van der Waals surface area (Å²) in [7, 11) is 0. The molecule has 28 heavy (non-hydrogen) atoms. The summed E-state index contributed by atoms with van der Waals surface area (Å²) in [5.74, 6) is 0. The third-order valence-electron chi connectivity index (χ3n) is 4.97. The fourth-order valence-electron chi connectivity index (χ4n) is 3.46. The Balaban J connectivity index is 0.000000161. The molecule has 0 aliphatic rings. The van der Waals surface area contributed by atoms with Crippen LogP contribution in [0.2, 0.25) is 0 Å². The molecule has 0 fully saturated rings. The molecular formula is C28H28. The summed E-state index contributed by atoms with van der Waals surface area (Å²) in [5.41, 5.74) is 8.17. The van der Waals surface area contributed by atoms with E-state index in [0.29, 0.717) is 0 Å². The lowest BCUT2D eigenvalue weighted by Gasteiger charge is -2.06. The monoisotopic (exact) mass is 364 g/mol. The summed E-state index contributed by atoms with van der Waals surface area (Å²) in [6.45, 7) is 4.39. The average Bonchev–Trinajstić information content (AvgIpc) is 2.80. The minimum atomic E-state index is 1.09. The lowest BCUT2D eigenvalue weighted by atomic mass is 9.98. The van der Waals surface area contributed by atoms with Crippen molar-refractivity contribution in [3.8, 4) is 22.3 Å². The quantitative estimate of drug-likeness (QED) is 0.346. The second-order valence-corrected chi connectivity index (χ2v) is 6.75. The highest BCUT2D eigenvalue weighted by Crippen LogP contribution is 2.24. The SMILES string of the molecule is CCc1ccccc1-c1ccccc1.CCc1ccccc1-c1ccccc1. The van der Waals surface area contributed by atoms with E-state index in [2.05, 4.69) is 123 Å². The first-order valence-electron chi connectivity index (χ1n) is 10.1. The smallest absolute Gasteiger partial charge is 0.0152 e. The molecule has 0 saturated carbocycles. The Kier molecular flexibility index (Phi) is 7.21. The minimum Gasteiger partial charge on any atom is -0.0622 e. The fraction of sp³-hybridized carbons (Fsp3) is 0.143. The molecule has 0 bridgehead atoms. The molecule has 0 aliphatic carbocycles. The molecule has 4 aromatic rings. The Hall–Kier alpha value is -3.12. The van der Waals surface area contributed by atoms with Gasteiger partial charge in [0.2, 0.25) is 0 Å². The van der Waals surface area contributed by atoms with Crippen molar-refractivity contribution in [2.45, 2.75) is 26.7 Å². The van der Waals surface area contributed by atoms with Crippen LogP contribution in [0.3, 0.4) is 0 Å². The van der Waals surface area contributed by atoms with Crippen LogP contribution in [0.25, 0.3) is 22.3 Å². The molecule has 0 unspecified atom stereocenters. The summed E-state index contributed by atoms with van der Waals surface area (Å²) >= 11 is 0. The van der Waals surface area contributed by atoms with Crippen LogP contribution in [0.15, 0.2) is 109 Å². The molecule has 0 aliphatic heterocycles. The number of aryl methyl sites for hydroxylation is 2. The summed E-state index contributed by atoms with van der Waals surface area (Å²) in [5, 5.41) is 0. The van der Waals surface area contributed by atoms with Gasteiger partial charge in [0, 0.05) is 0 Å². The lowest BCUT2D eigenvalue weighted by molar-refractivity contribution is 1.14. The summed E-state index contributed by atoms with van der Waals surface area (Å²) < 4.78 is 0. The Morgan fingerprint density at radius 1 is 0.393 bits per heavy atom. The first-order valence-corrected chi connectivity index (χ1v) is 10.1. The molecular weight excluding hydrogens is 336 g/mol. The summed E-state index contributed by atoms with van der Waals surface area (Å²) in [4.78, 5) is 0. The maximum Gasteiger partial charge on any atom is -0.0152 e. The molecule has 0 heterocycles. The fourth-order valence-corrected chi connectivity index (χ4v) is 3.46. The van der Waals surface area contributed by atoms with E-state index in [9.17, 15) is 0 Å². The molecule has 0 atom stereocenters. The van der Waals surface area contributed by atoms with E-state index in [1.165, 1.54) is 33.4 Å². The highest BCUT2D eigenvalue weighted by atomic mass is 14.1. The van der Waals surface area contributed by atoms with Gasteiger partial charge in [0.15, 0.2) is 0 Å². The molecule has 0 aromatic heterocycles. The Morgan fingerprint density at radius 3 is 1.07 bits per heavy atom. The van der Waals surface area contributed by atoms with Crippen LogP contribution in [-0.4, -0.2) is 0 Å². The van der Waals surface area contributed by atoms with E-state index in [-0.39, 0.29) is 0 Å². The predicted octanol–water partition coefficient (Wildman–Crippen LogP) is 7.83. The van der Waals surface area contributed by atoms with Gasteiger partial charge in [-0.15, -0.1) is 0 Å². The van der Waals surface area contributed by atoms with E-state index in [1.54, 1.807) is 0 Å². The number of hydrogen-bond acceptors (Lipinski definition) is 0. The van der Waals surface area contributed by atoms with E-state index in [4.69, 9.17) is 0 Å². The van der Waals surface area contributed by atoms with Crippen LogP contribution < -0.4 is 0 Å². The van der Waals surface area contributed by atoms with Crippen LogP contribution >= 0.6 is 0 Å². The highest BCUT2D eigenvalue weighted by Gasteiger charge is 2.01. The Morgan fingerprint density at radius 2 is 0.714 bits per heavy atom. The van der Waals surface area contributed by atoms with Crippen LogP contribution in [0.4, 0.5) is 0 Å². The zero-order valence-electron chi connectivity index (χ0n) is 16.8. The van der Waals surface area contributed by atoms with Crippen LogP contribution in [0, 0.1) is 0 Å². The second kappa shape index (κ2) is 10.3. The van der Waals surface area contributed by atoms with Gasteiger partial charge < -0.3 is 0 Å². The first kappa shape index (κ1) is 19.6. The van der Waals surface area contributed by atoms with Crippen molar-refractivity contribution in [2.24, 2.45) is 0 Å². The highest BCUT2D eigenvalue weighted by molar-refractivity contribution is 5.67. The summed E-state index contributed by atoms with van der Waals surface area (Å²) in [6, 6.07) is 38.3. The van der Waals surface area contributed by atoms with Crippen molar-refractivity contribution < 1.29 is 0 Å². The maximum absolute atomic E-state index is 2.20. The molecule has 0 heteroatoms. The second-order valence-electron chi connectivity index (χ2n) is 6.75. The lowest BCUT2D eigenvalue weighted by Crippen LogP contribution is -1.85. The third-order valence-corrected chi connectivity index (χ3v) is 4.97. The van der Waals surface area contributed by atoms with Gasteiger partial charge in [-0.25, -0.2) is 0 Å². The van der Waals surface area contributed by atoms with Gasteiger partial charge in [0.05, 0.1) is 0 Å². The summed E-state index contributed by atoms with van der Waals surface area (Å²) in [6.07, 6.45) is 2.18. The number of hydrogen-bond donors (Lipinski definition) is 0. The molecule has 0 amide bonds. The largest absolute Gasteiger partial charge is 0.0622 e. The van der Waals surface area contributed by atoms with E-state index < -0.39 is 0 Å². The van der Waals surface area contributed by atoms with Crippen LogP contribution in [0.1, 0.15) is 25.0 Å². The molecule has 0 nitrogen and oxygen atoms in total. The van der Waals surface area contributed by atoms with Crippen LogP contribution in [0.5, 0.6) is 0 Å². The Labute approximate surface area is 169 Å². The van der Waals surface area contributed by atoms with E-state index >= 15 is 0 Å². The van der Waals surface area contributed by atoms with Crippen molar-refractivity contribution in [1.29, 1.82) is 0 Å². The predicted molar refractivity (Wildman–Crippen MR) is 123 cm³/mol. The average molecular weight is 365 g/mol. The minimum absolute atomic E-state index is 1.09. The van der Waals surface area contributed by atoms with Gasteiger partial charge in [0.1, 0.15) is 0 Å². The number of rotatable bonds is 4. The Bertz CT molecular complexity index is 886. The molecule has 4 rings (SSSR count). The molecule has 0 radical (unpaired) electrons. The van der Waals surface area contributed by atoms with E-state index in [1.807, 2.05) is 0 Å². The molecule has 0 N–H and O–H groups in total. The molecule has 0 spiro atoms. The molecule has 140 valence electrons. The van der Waals surface area contributed by atoms with Crippen LogP contribution in [-0.2, 0) is 12.8 Å². The molecule has 4 aromatic carbocycles. The first-order chi connectivity index (χ1) is 13.8. The van der Waals surface area contributed by atoms with Crippen molar-refractivity contribution in [2.75, 3.05) is 0 Å². The van der Waals surface area contributed by atoms with Crippen molar-refractivity contribution in [3.05, 3.63) is 120 Å². The van der Waals surface area contributed by atoms with Gasteiger partial charge in [0.25, 0.3) is 0 Å². The number of benzene rings is 4. The van der Waals surface area contributed by atoms with Gasteiger partial charge in [-0.3, -0.25) is 0 Å². The maximum atomic E-state index is 2.20. The van der Waals surface area contributed by atoms with Crippen molar-refractivity contribution >= 4 is 0 Å². The van der Waals surface area contributed by atoms with Gasteiger partial charge in [-0.1, -0.05) is 123 Å². The standard InChI is InChI=1S/2C14H14/c2*1-2-12-8-6-7-11-14(12)13-9-4-3-5-10-13/h2*3-11H,2H2,1H3. The molecule has 0 saturated heterocycles. The third kappa shape index (κ3) is 4.98. The normalized spacial score (nSPS) is 10.1.